The molecule has 0 amide bonds. The highest BCUT2D eigenvalue weighted by Crippen LogP contribution is 2.28. The Morgan fingerprint density at radius 1 is 1.12 bits per heavy atom. The largest absolute Gasteiger partial charge is 0.371 e. The average molecular weight is 458 g/mol. The minimum Gasteiger partial charge on any atom is -0.371 e. The molecule has 5 nitrogen and oxygen atoms in total. The molecule has 34 heavy (non-hydrogen) atoms. The van der Waals surface area contributed by atoms with Gasteiger partial charge in [0.25, 0.3) is 0 Å². The zero-order chi connectivity index (χ0) is 24.5. The van der Waals surface area contributed by atoms with Gasteiger partial charge < -0.3 is 16.0 Å². The highest BCUT2D eigenvalue weighted by molar-refractivity contribution is 5.41. The monoisotopic (exact) mass is 457 g/mol. The van der Waals surface area contributed by atoms with Crippen molar-refractivity contribution in [2.75, 3.05) is 19.6 Å². The zero-order valence-corrected chi connectivity index (χ0v) is 21.0. The third-order valence-corrected chi connectivity index (χ3v) is 6.68. The summed E-state index contributed by atoms with van der Waals surface area (Å²) in [6.45, 7) is 17.5. The minimum absolute atomic E-state index is 0.519. The molecule has 5 heteroatoms. The third-order valence-electron chi connectivity index (χ3n) is 6.68. The molecule has 0 atom stereocenters. The van der Waals surface area contributed by atoms with Gasteiger partial charge in [0.05, 0.1) is 0 Å². The Morgan fingerprint density at radius 2 is 1.91 bits per heavy atom. The van der Waals surface area contributed by atoms with Gasteiger partial charge in [-0.1, -0.05) is 43.0 Å². The molecule has 0 unspecified atom stereocenters. The SMILES string of the molecule is C=C(CCc1ccccc1C)N/C(C)=C(\CN)C1=C(C)CN(C(=C)CCc2ccncn2)CC1. The summed E-state index contributed by atoms with van der Waals surface area (Å²) < 4.78 is 0. The predicted octanol–water partition coefficient (Wildman–Crippen LogP) is 5.22. The lowest BCUT2D eigenvalue weighted by molar-refractivity contribution is 0.346. The van der Waals surface area contributed by atoms with Crippen molar-refractivity contribution >= 4 is 0 Å². The summed E-state index contributed by atoms with van der Waals surface area (Å²) in [5.74, 6) is 0. The molecule has 1 aliphatic heterocycles. The van der Waals surface area contributed by atoms with Crippen molar-refractivity contribution in [3.05, 3.63) is 107 Å². The van der Waals surface area contributed by atoms with E-state index in [2.05, 4.69) is 78.4 Å². The quantitative estimate of drug-likeness (QED) is 0.484. The van der Waals surface area contributed by atoms with Crippen molar-refractivity contribution in [2.45, 2.75) is 52.9 Å². The first kappa shape index (κ1) is 25.4. The fourth-order valence-electron chi connectivity index (χ4n) is 4.58. The molecule has 0 aliphatic carbocycles. The number of nitrogens with one attached hydrogen (secondary N) is 1. The Morgan fingerprint density at radius 3 is 2.59 bits per heavy atom. The molecule has 180 valence electrons. The molecular weight excluding hydrogens is 418 g/mol. The van der Waals surface area contributed by atoms with Gasteiger partial charge in [-0.2, -0.15) is 0 Å². The molecule has 0 saturated carbocycles. The molecule has 3 rings (SSSR count). The Balaban J connectivity index is 1.59. The van der Waals surface area contributed by atoms with Crippen molar-refractivity contribution in [2.24, 2.45) is 5.73 Å². The molecule has 0 radical (unpaired) electrons. The molecule has 0 fully saturated rings. The van der Waals surface area contributed by atoms with Crippen LogP contribution in [-0.2, 0) is 12.8 Å². The maximum absolute atomic E-state index is 6.23. The van der Waals surface area contributed by atoms with Crippen LogP contribution in [0, 0.1) is 6.92 Å². The number of allylic oxidation sites excluding steroid dienone is 3. The topological polar surface area (TPSA) is 67.1 Å². The van der Waals surface area contributed by atoms with Gasteiger partial charge in [0, 0.05) is 48.6 Å². The van der Waals surface area contributed by atoms with E-state index in [1.807, 2.05) is 6.07 Å². The fourth-order valence-corrected chi connectivity index (χ4v) is 4.58. The van der Waals surface area contributed by atoms with E-state index in [0.717, 1.165) is 68.0 Å². The first-order valence-electron chi connectivity index (χ1n) is 12.1. The second kappa shape index (κ2) is 12.3. The van der Waals surface area contributed by atoms with E-state index in [0.29, 0.717) is 6.54 Å². The molecule has 0 bridgehead atoms. The highest BCUT2D eigenvalue weighted by Gasteiger charge is 2.20. The van der Waals surface area contributed by atoms with E-state index < -0.39 is 0 Å². The first-order valence-corrected chi connectivity index (χ1v) is 12.1. The van der Waals surface area contributed by atoms with Crippen LogP contribution in [0.25, 0.3) is 0 Å². The number of benzene rings is 1. The third kappa shape index (κ3) is 6.91. The van der Waals surface area contributed by atoms with Crippen LogP contribution in [0.4, 0.5) is 0 Å². The van der Waals surface area contributed by atoms with Crippen molar-refractivity contribution in [1.29, 1.82) is 0 Å². The van der Waals surface area contributed by atoms with E-state index >= 15 is 0 Å². The number of aryl methyl sites for hydroxylation is 3. The molecule has 3 N–H and O–H groups in total. The maximum Gasteiger partial charge on any atom is 0.115 e. The Labute approximate surface area is 205 Å². The zero-order valence-electron chi connectivity index (χ0n) is 21.0. The number of nitrogens with two attached hydrogens (primary N) is 1. The van der Waals surface area contributed by atoms with Gasteiger partial charge >= 0.3 is 0 Å². The fraction of sp³-hybridized carbons (Fsp3) is 0.379. The maximum atomic E-state index is 6.23. The Hall–Kier alpha value is -3.18. The van der Waals surface area contributed by atoms with Gasteiger partial charge in [-0.15, -0.1) is 0 Å². The smallest absolute Gasteiger partial charge is 0.115 e. The predicted molar refractivity (Wildman–Crippen MR) is 142 cm³/mol. The van der Waals surface area contributed by atoms with Gasteiger partial charge in [-0.25, -0.2) is 9.97 Å². The summed E-state index contributed by atoms with van der Waals surface area (Å²) in [4.78, 5) is 10.7. The summed E-state index contributed by atoms with van der Waals surface area (Å²) in [6.07, 6.45) is 8.04. The minimum atomic E-state index is 0.519. The van der Waals surface area contributed by atoms with E-state index in [1.165, 1.54) is 27.8 Å². The van der Waals surface area contributed by atoms with Crippen molar-refractivity contribution in [3.63, 3.8) is 0 Å². The van der Waals surface area contributed by atoms with Crippen LogP contribution in [0.2, 0.25) is 0 Å². The van der Waals surface area contributed by atoms with Crippen LogP contribution < -0.4 is 11.1 Å². The lowest BCUT2D eigenvalue weighted by Crippen LogP contribution is -2.32. The second-order valence-corrected chi connectivity index (χ2v) is 9.16. The van der Waals surface area contributed by atoms with Crippen LogP contribution in [-0.4, -0.2) is 34.5 Å². The standard InChI is InChI=1S/C29H39N5/c1-21-8-6-7-9-26(21)12-10-23(3)33-25(5)29(18-30)28-15-17-34(19-22(28)2)24(4)11-13-27-14-16-31-20-32-27/h6-9,14,16,20,33H,3-4,10-13,15,17-19,30H2,1-2,5H3/b29-25+. The van der Waals surface area contributed by atoms with Gasteiger partial charge in [-0.05, 0) is 81.2 Å². The number of hydrogen-bond acceptors (Lipinski definition) is 5. The molecule has 2 aromatic rings. The summed E-state index contributed by atoms with van der Waals surface area (Å²) in [6, 6.07) is 10.5. The van der Waals surface area contributed by atoms with Crippen LogP contribution in [0.1, 0.15) is 49.9 Å². The second-order valence-electron chi connectivity index (χ2n) is 9.16. The number of aromatic nitrogens is 2. The van der Waals surface area contributed by atoms with Gasteiger partial charge in [0.1, 0.15) is 6.33 Å². The molecule has 1 aromatic heterocycles. The molecule has 0 spiro atoms. The van der Waals surface area contributed by atoms with Crippen LogP contribution in [0.5, 0.6) is 0 Å². The average Bonchev–Trinajstić information content (AvgIpc) is 2.84. The van der Waals surface area contributed by atoms with E-state index in [9.17, 15) is 0 Å². The van der Waals surface area contributed by atoms with E-state index in [4.69, 9.17) is 5.73 Å². The van der Waals surface area contributed by atoms with Crippen LogP contribution >= 0.6 is 0 Å². The van der Waals surface area contributed by atoms with Crippen molar-refractivity contribution in [3.8, 4) is 0 Å². The van der Waals surface area contributed by atoms with Gasteiger partial charge in [0.2, 0.25) is 0 Å². The first-order chi connectivity index (χ1) is 16.4. The lowest BCUT2D eigenvalue weighted by Gasteiger charge is -2.34. The van der Waals surface area contributed by atoms with E-state index in [-0.39, 0.29) is 0 Å². The lowest BCUT2D eigenvalue weighted by atomic mass is 9.92. The van der Waals surface area contributed by atoms with Crippen LogP contribution in [0.15, 0.2) is 89.8 Å². The summed E-state index contributed by atoms with van der Waals surface area (Å²) in [7, 11) is 0. The molecule has 0 saturated heterocycles. The summed E-state index contributed by atoms with van der Waals surface area (Å²) in [5, 5.41) is 3.54. The highest BCUT2D eigenvalue weighted by atomic mass is 15.1. The summed E-state index contributed by atoms with van der Waals surface area (Å²) in [5.41, 5.74) is 17.2. The molecule has 1 aromatic carbocycles. The number of hydrogen-bond donors (Lipinski definition) is 2. The van der Waals surface area contributed by atoms with Gasteiger partial charge in [0.15, 0.2) is 0 Å². The Bertz CT molecular complexity index is 1060. The summed E-state index contributed by atoms with van der Waals surface area (Å²) >= 11 is 0. The Kier molecular flexibility index (Phi) is 9.23. The van der Waals surface area contributed by atoms with Crippen molar-refractivity contribution in [1.82, 2.24) is 20.2 Å². The van der Waals surface area contributed by atoms with Crippen molar-refractivity contribution < 1.29 is 0 Å². The van der Waals surface area contributed by atoms with E-state index in [1.54, 1.807) is 12.5 Å². The molecular formula is C29H39N5. The molecule has 2 heterocycles. The van der Waals surface area contributed by atoms with Crippen LogP contribution in [0.3, 0.4) is 0 Å². The normalized spacial score (nSPS) is 14.6. The number of rotatable bonds is 11. The molecule has 1 aliphatic rings. The van der Waals surface area contributed by atoms with Gasteiger partial charge in [-0.3, -0.25) is 0 Å². The number of nitrogens with zero attached hydrogens (tertiary/aromatic N) is 3.